The van der Waals surface area contributed by atoms with Crippen molar-refractivity contribution in [2.45, 2.75) is 44.9 Å². The molecule has 2 aromatic heterocycles. The Morgan fingerprint density at radius 3 is 2.94 bits per heavy atom. The van der Waals surface area contributed by atoms with Crippen molar-refractivity contribution in [1.29, 1.82) is 0 Å². The highest BCUT2D eigenvalue weighted by Gasteiger charge is 2.35. The van der Waals surface area contributed by atoms with Gasteiger partial charge in [0.2, 0.25) is 11.9 Å². The van der Waals surface area contributed by atoms with Crippen molar-refractivity contribution >= 4 is 28.9 Å². The van der Waals surface area contributed by atoms with Crippen LogP contribution in [0.5, 0.6) is 0 Å². The maximum absolute atomic E-state index is 13.6. The molecule has 2 unspecified atom stereocenters. The van der Waals surface area contributed by atoms with Crippen LogP contribution in [0, 0.1) is 6.92 Å². The largest absolute Gasteiger partial charge is 0.383 e. The fourth-order valence-electron chi connectivity index (χ4n) is 3.56. The van der Waals surface area contributed by atoms with Crippen LogP contribution in [0.15, 0.2) is 36.7 Å². The van der Waals surface area contributed by atoms with Crippen LogP contribution >= 0.6 is 11.3 Å². The first-order valence-electron chi connectivity index (χ1n) is 10.1. The highest BCUT2D eigenvalue weighted by Crippen LogP contribution is 2.38. The van der Waals surface area contributed by atoms with Crippen LogP contribution in [0.1, 0.15) is 48.6 Å². The molecule has 0 bridgehead atoms. The summed E-state index contributed by atoms with van der Waals surface area (Å²) in [6.07, 6.45) is 3.17. The van der Waals surface area contributed by atoms with Gasteiger partial charge in [0.15, 0.2) is 0 Å². The summed E-state index contributed by atoms with van der Waals surface area (Å²) >= 11 is 1.42. The van der Waals surface area contributed by atoms with E-state index in [9.17, 15) is 14.3 Å². The molecule has 1 aliphatic rings. The Morgan fingerprint density at radius 1 is 1.29 bits per heavy atom. The zero-order chi connectivity index (χ0) is 22.0. The molecule has 9 heteroatoms. The fraction of sp³-hybridized carbons (Fsp3) is 0.364. The molecule has 0 saturated carbocycles. The van der Waals surface area contributed by atoms with E-state index in [1.807, 2.05) is 25.1 Å². The molecule has 1 aliphatic heterocycles. The van der Waals surface area contributed by atoms with Gasteiger partial charge in [-0.2, -0.15) is 0 Å². The average Bonchev–Trinajstić information content (AvgIpc) is 3.17. The lowest BCUT2D eigenvalue weighted by Crippen LogP contribution is -2.27. The fourth-order valence-corrected chi connectivity index (χ4v) is 4.61. The minimum atomic E-state index is -1.17. The molecular weight excluding hydrogens is 417 g/mol. The summed E-state index contributed by atoms with van der Waals surface area (Å²) in [7, 11) is 0. The summed E-state index contributed by atoms with van der Waals surface area (Å²) in [5, 5.41) is 17.6. The number of hydrogen-bond donors (Lipinski definition) is 3. The summed E-state index contributed by atoms with van der Waals surface area (Å²) in [6.45, 7) is 3.85. The van der Waals surface area contributed by atoms with Gasteiger partial charge in [-0.1, -0.05) is 6.07 Å². The van der Waals surface area contributed by atoms with E-state index in [1.54, 1.807) is 12.3 Å². The molecule has 7 nitrogen and oxygen atoms in total. The predicted octanol–water partition coefficient (Wildman–Crippen LogP) is 4.17. The van der Waals surface area contributed by atoms with Gasteiger partial charge in [-0.05, 0) is 49.6 Å². The summed E-state index contributed by atoms with van der Waals surface area (Å²) in [5.41, 5.74) is 1.95. The van der Waals surface area contributed by atoms with Crippen molar-refractivity contribution in [3.05, 3.63) is 52.9 Å². The van der Waals surface area contributed by atoms with Crippen molar-refractivity contribution in [3.8, 4) is 10.4 Å². The number of alkyl halides is 1. The van der Waals surface area contributed by atoms with Gasteiger partial charge < -0.3 is 15.7 Å². The molecule has 3 N–H and O–H groups in total. The van der Waals surface area contributed by atoms with Gasteiger partial charge >= 0.3 is 0 Å². The highest BCUT2D eigenvalue weighted by molar-refractivity contribution is 7.15. The van der Waals surface area contributed by atoms with Gasteiger partial charge in [-0.15, -0.1) is 11.3 Å². The van der Waals surface area contributed by atoms with E-state index in [0.717, 1.165) is 21.7 Å². The Hall–Kier alpha value is -2.91. The van der Waals surface area contributed by atoms with Crippen molar-refractivity contribution in [1.82, 2.24) is 20.3 Å². The van der Waals surface area contributed by atoms with Crippen LogP contribution in [-0.2, 0) is 10.4 Å². The van der Waals surface area contributed by atoms with E-state index in [1.165, 1.54) is 24.5 Å². The number of hydrogen-bond acceptors (Lipinski definition) is 7. The summed E-state index contributed by atoms with van der Waals surface area (Å²) in [4.78, 5) is 25.4. The zero-order valence-electron chi connectivity index (χ0n) is 17.4. The molecule has 1 aromatic carbocycles. The summed E-state index contributed by atoms with van der Waals surface area (Å²) in [5.74, 6) is 0.282. The lowest BCUT2D eigenvalue weighted by Gasteiger charge is -2.22. The third kappa shape index (κ3) is 4.88. The molecular formula is C22H24FN5O2S. The number of aliphatic hydroxyl groups is 1. The normalized spacial score (nSPS) is 20.1. The first-order valence-corrected chi connectivity index (χ1v) is 11.0. The highest BCUT2D eigenvalue weighted by atomic mass is 32.1. The Kier molecular flexibility index (Phi) is 5.97. The number of anilines is 2. The molecule has 1 fully saturated rings. The summed E-state index contributed by atoms with van der Waals surface area (Å²) in [6, 6.07) is 7.49. The SMILES string of the molecule is Cc1cc(Nc2nccc(C(C)F)n2)cc(-c2cnc(C3(O)CCNC(=O)CC3)s2)c1. The number of benzene rings is 1. The monoisotopic (exact) mass is 441 g/mol. The van der Waals surface area contributed by atoms with Crippen LogP contribution in [0.3, 0.4) is 0 Å². The van der Waals surface area contributed by atoms with Gasteiger partial charge in [0.25, 0.3) is 0 Å². The second-order valence-electron chi connectivity index (χ2n) is 7.80. The lowest BCUT2D eigenvalue weighted by atomic mass is 9.96. The topological polar surface area (TPSA) is 100 Å². The first kappa shape index (κ1) is 21.3. The molecule has 4 rings (SSSR count). The number of thiazole rings is 1. The molecule has 31 heavy (non-hydrogen) atoms. The van der Waals surface area contributed by atoms with Crippen LogP contribution < -0.4 is 10.6 Å². The lowest BCUT2D eigenvalue weighted by molar-refractivity contribution is -0.121. The Morgan fingerprint density at radius 2 is 2.13 bits per heavy atom. The second-order valence-corrected chi connectivity index (χ2v) is 8.83. The number of halogens is 1. The molecule has 1 saturated heterocycles. The third-order valence-corrected chi connectivity index (χ3v) is 6.47. The van der Waals surface area contributed by atoms with Gasteiger partial charge in [0, 0.05) is 37.5 Å². The maximum Gasteiger partial charge on any atom is 0.227 e. The smallest absolute Gasteiger partial charge is 0.227 e. The van der Waals surface area contributed by atoms with Crippen molar-refractivity contribution in [3.63, 3.8) is 0 Å². The predicted molar refractivity (Wildman–Crippen MR) is 118 cm³/mol. The molecule has 0 spiro atoms. The van der Waals surface area contributed by atoms with E-state index >= 15 is 0 Å². The van der Waals surface area contributed by atoms with Crippen molar-refractivity contribution in [2.75, 3.05) is 11.9 Å². The number of aryl methyl sites for hydroxylation is 1. The van der Waals surface area contributed by atoms with Gasteiger partial charge in [0.1, 0.15) is 16.8 Å². The number of amides is 1. The number of rotatable bonds is 5. The second kappa shape index (κ2) is 8.68. The number of carbonyl (C=O) groups is 1. The van der Waals surface area contributed by atoms with Crippen LogP contribution in [0.2, 0.25) is 0 Å². The Labute approximate surface area is 183 Å². The minimum Gasteiger partial charge on any atom is -0.383 e. The standard InChI is InChI=1S/C22H24FN5O2S/c1-13-9-15(11-16(10-13)27-21-25-7-4-17(28-21)14(2)23)18-12-26-20(31-18)22(30)5-3-19(29)24-8-6-22/h4,7,9-12,14,30H,3,5-6,8H2,1-2H3,(H,24,29)(H,25,27,28). The van der Waals surface area contributed by atoms with Gasteiger partial charge in [-0.25, -0.2) is 19.3 Å². The average molecular weight is 442 g/mol. The van der Waals surface area contributed by atoms with Crippen LogP contribution in [0.25, 0.3) is 10.4 Å². The summed E-state index contributed by atoms with van der Waals surface area (Å²) < 4.78 is 13.6. The first-order chi connectivity index (χ1) is 14.8. The minimum absolute atomic E-state index is 0.0458. The molecule has 3 aromatic rings. The molecule has 0 radical (unpaired) electrons. The van der Waals surface area contributed by atoms with E-state index in [2.05, 4.69) is 25.6 Å². The van der Waals surface area contributed by atoms with Crippen LogP contribution in [-0.4, -0.2) is 32.5 Å². The van der Waals surface area contributed by atoms with E-state index in [4.69, 9.17) is 0 Å². The third-order valence-electron chi connectivity index (χ3n) is 5.23. The molecule has 3 heterocycles. The van der Waals surface area contributed by atoms with Crippen molar-refractivity contribution < 1.29 is 14.3 Å². The number of nitrogens with zero attached hydrogens (tertiary/aromatic N) is 3. The van der Waals surface area contributed by atoms with Gasteiger partial charge in [-0.3, -0.25) is 4.79 Å². The molecule has 2 atom stereocenters. The van der Waals surface area contributed by atoms with E-state index in [-0.39, 0.29) is 12.3 Å². The quantitative estimate of drug-likeness (QED) is 0.550. The van der Waals surface area contributed by atoms with E-state index in [0.29, 0.717) is 36.0 Å². The Balaban J connectivity index is 1.59. The van der Waals surface area contributed by atoms with Crippen LogP contribution in [0.4, 0.5) is 16.0 Å². The Bertz CT molecular complexity index is 1100. The van der Waals surface area contributed by atoms with Gasteiger partial charge in [0.05, 0.1) is 10.6 Å². The number of nitrogens with one attached hydrogen (secondary N) is 2. The maximum atomic E-state index is 13.6. The molecule has 1 amide bonds. The number of aromatic nitrogens is 3. The number of carbonyl (C=O) groups excluding carboxylic acids is 1. The zero-order valence-corrected chi connectivity index (χ0v) is 18.2. The van der Waals surface area contributed by atoms with Crippen molar-refractivity contribution in [2.24, 2.45) is 0 Å². The molecule has 0 aliphatic carbocycles. The molecule has 162 valence electrons. The van der Waals surface area contributed by atoms with E-state index < -0.39 is 11.8 Å².